The molecule has 3 heteroatoms. The molecule has 0 aliphatic heterocycles. The van der Waals surface area contributed by atoms with Gasteiger partial charge >= 0.3 is 0 Å². The number of aromatic hydroxyl groups is 3. The molecule has 24 heavy (non-hydrogen) atoms. The van der Waals surface area contributed by atoms with E-state index in [4.69, 9.17) is 0 Å². The van der Waals surface area contributed by atoms with Crippen LogP contribution >= 0.6 is 0 Å². The summed E-state index contributed by atoms with van der Waals surface area (Å²) >= 11 is 0. The Hall–Kier alpha value is -2.16. The summed E-state index contributed by atoms with van der Waals surface area (Å²) in [6, 6.07) is 8.19. The summed E-state index contributed by atoms with van der Waals surface area (Å²) in [7, 11) is 0. The molecule has 2 rings (SSSR count). The zero-order valence-electron chi connectivity index (χ0n) is 15.6. The van der Waals surface area contributed by atoms with Gasteiger partial charge in [0.15, 0.2) is 11.5 Å². The molecule has 0 atom stereocenters. The number of aryl methyl sites for hydroxylation is 1. The van der Waals surface area contributed by atoms with Crippen LogP contribution in [-0.2, 0) is 10.8 Å². The molecule has 0 fully saturated rings. The smallest absolute Gasteiger partial charge is 0.158 e. The van der Waals surface area contributed by atoms with Crippen LogP contribution in [0, 0.1) is 13.0 Å². The zero-order chi connectivity index (χ0) is 18.4. The Bertz CT molecular complexity index is 775. The summed E-state index contributed by atoms with van der Waals surface area (Å²) in [5.74, 6) is -0.0527. The van der Waals surface area contributed by atoms with Crippen molar-refractivity contribution in [3.63, 3.8) is 0 Å². The first-order chi connectivity index (χ1) is 10.8. The van der Waals surface area contributed by atoms with Crippen LogP contribution in [0.5, 0.6) is 17.2 Å². The maximum Gasteiger partial charge on any atom is 0.158 e. The summed E-state index contributed by atoms with van der Waals surface area (Å²) in [4.78, 5) is 0. The van der Waals surface area contributed by atoms with Crippen molar-refractivity contribution in [1.29, 1.82) is 0 Å². The van der Waals surface area contributed by atoms with Gasteiger partial charge in [0.2, 0.25) is 0 Å². The van der Waals surface area contributed by atoms with E-state index in [2.05, 4.69) is 26.8 Å². The molecule has 2 aromatic carbocycles. The van der Waals surface area contributed by atoms with Crippen molar-refractivity contribution in [2.45, 2.75) is 59.3 Å². The maximum atomic E-state index is 11.0. The summed E-state index contributed by atoms with van der Waals surface area (Å²) in [5.41, 5.74) is 3.45. The van der Waals surface area contributed by atoms with Gasteiger partial charge in [-0.1, -0.05) is 41.5 Å². The van der Waals surface area contributed by atoms with Gasteiger partial charge in [0.25, 0.3) is 0 Å². The van der Waals surface area contributed by atoms with E-state index in [0.29, 0.717) is 0 Å². The van der Waals surface area contributed by atoms with Gasteiger partial charge in [0, 0.05) is 11.1 Å². The molecule has 3 N–H and O–H groups in total. The van der Waals surface area contributed by atoms with E-state index in [1.807, 2.05) is 33.8 Å². The fourth-order valence-corrected chi connectivity index (χ4v) is 3.00. The van der Waals surface area contributed by atoms with Crippen molar-refractivity contribution in [3.8, 4) is 28.4 Å². The molecule has 3 nitrogen and oxygen atoms in total. The normalized spacial score (nSPS) is 12.5. The van der Waals surface area contributed by atoms with Gasteiger partial charge in [0.1, 0.15) is 5.75 Å². The molecular formula is C21H27O3. The Morgan fingerprint density at radius 2 is 1.38 bits per heavy atom. The predicted molar refractivity (Wildman–Crippen MR) is 97.8 cm³/mol. The Morgan fingerprint density at radius 1 is 0.833 bits per heavy atom. The summed E-state index contributed by atoms with van der Waals surface area (Å²) in [6.07, 6.45) is 0. The van der Waals surface area contributed by atoms with Crippen molar-refractivity contribution in [1.82, 2.24) is 0 Å². The highest BCUT2D eigenvalue weighted by atomic mass is 16.3. The van der Waals surface area contributed by atoms with E-state index >= 15 is 0 Å². The molecule has 0 aliphatic rings. The highest BCUT2D eigenvalue weighted by molar-refractivity contribution is 5.77. The van der Waals surface area contributed by atoms with Gasteiger partial charge in [-0.15, -0.1) is 0 Å². The van der Waals surface area contributed by atoms with Gasteiger partial charge in [-0.05, 0) is 58.7 Å². The minimum absolute atomic E-state index is 0.149. The van der Waals surface area contributed by atoms with Gasteiger partial charge in [0.05, 0.1) is 0 Å². The molecule has 0 heterocycles. The SMILES string of the molecule is Cc1cc(O)c(O)cc1-c1[c]cc(C(C)(C)C)c(O)c1C(C)(C)C. The largest absolute Gasteiger partial charge is 0.507 e. The molecule has 0 spiro atoms. The number of phenolic OH excluding ortho intramolecular Hbond substituents is 3. The minimum Gasteiger partial charge on any atom is -0.507 e. The van der Waals surface area contributed by atoms with Crippen molar-refractivity contribution >= 4 is 0 Å². The second-order valence-electron chi connectivity index (χ2n) is 8.46. The quantitative estimate of drug-likeness (QED) is 0.633. The zero-order valence-corrected chi connectivity index (χ0v) is 15.6. The molecular weight excluding hydrogens is 300 g/mol. The molecule has 0 aromatic heterocycles. The number of rotatable bonds is 1. The van der Waals surface area contributed by atoms with E-state index < -0.39 is 0 Å². The first kappa shape index (κ1) is 18.2. The van der Waals surface area contributed by atoms with Crippen LogP contribution in [-0.4, -0.2) is 15.3 Å². The van der Waals surface area contributed by atoms with E-state index in [-0.39, 0.29) is 28.1 Å². The fourth-order valence-electron chi connectivity index (χ4n) is 3.00. The average Bonchev–Trinajstić information content (AvgIpc) is 2.39. The molecule has 0 saturated carbocycles. The van der Waals surface area contributed by atoms with Crippen LogP contribution in [0.15, 0.2) is 18.2 Å². The van der Waals surface area contributed by atoms with Crippen molar-refractivity contribution < 1.29 is 15.3 Å². The highest BCUT2D eigenvalue weighted by Gasteiger charge is 2.29. The number of phenols is 3. The van der Waals surface area contributed by atoms with Gasteiger partial charge in [-0.25, -0.2) is 0 Å². The van der Waals surface area contributed by atoms with Gasteiger partial charge in [-0.3, -0.25) is 0 Å². The molecule has 0 saturated heterocycles. The van der Waals surface area contributed by atoms with Crippen LogP contribution < -0.4 is 0 Å². The average molecular weight is 327 g/mol. The molecule has 0 amide bonds. The second kappa shape index (κ2) is 5.73. The molecule has 0 unspecified atom stereocenters. The standard InChI is InChI=1S/C21H27O3/c1-12-10-16(22)17(23)11-14(12)13-8-9-15(20(2,3)4)19(24)18(13)21(5,6)7/h9-11,22-24H,1-7H3. The van der Waals surface area contributed by atoms with Crippen LogP contribution in [0.2, 0.25) is 0 Å². The third-order valence-electron chi connectivity index (χ3n) is 4.25. The lowest BCUT2D eigenvalue weighted by Gasteiger charge is -2.29. The third kappa shape index (κ3) is 3.21. The van der Waals surface area contributed by atoms with Crippen LogP contribution in [0.25, 0.3) is 11.1 Å². The number of benzene rings is 2. The van der Waals surface area contributed by atoms with Crippen molar-refractivity contribution in [3.05, 3.63) is 41.0 Å². The van der Waals surface area contributed by atoms with Crippen LogP contribution in [0.3, 0.4) is 0 Å². The third-order valence-corrected chi connectivity index (χ3v) is 4.25. The highest BCUT2D eigenvalue weighted by Crippen LogP contribution is 2.45. The Kier molecular flexibility index (Phi) is 4.34. The lowest BCUT2D eigenvalue weighted by atomic mass is 9.75. The Labute approximate surface area is 144 Å². The molecule has 1 radical (unpaired) electrons. The van der Waals surface area contributed by atoms with Crippen LogP contribution in [0.4, 0.5) is 0 Å². The van der Waals surface area contributed by atoms with Crippen molar-refractivity contribution in [2.24, 2.45) is 0 Å². The molecule has 129 valence electrons. The van der Waals surface area contributed by atoms with Crippen molar-refractivity contribution in [2.75, 3.05) is 0 Å². The fraction of sp³-hybridized carbons (Fsp3) is 0.429. The first-order valence-corrected chi connectivity index (χ1v) is 8.15. The van der Waals surface area contributed by atoms with Gasteiger partial charge < -0.3 is 15.3 Å². The number of hydrogen-bond donors (Lipinski definition) is 3. The summed E-state index contributed by atoms with van der Waals surface area (Å²) in [6.45, 7) is 14.2. The van der Waals surface area contributed by atoms with E-state index in [1.54, 1.807) is 0 Å². The monoisotopic (exact) mass is 327 g/mol. The predicted octanol–water partition coefficient (Wildman–Crippen LogP) is 5.17. The Balaban J connectivity index is 2.86. The van der Waals surface area contributed by atoms with E-state index in [1.165, 1.54) is 12.1 Å². The molecule has 2 aromatic rings. The van der Waals surface area contributed by atoms with E-state index in [0.717, 1.165) is 27.8 Å². The Morgan fingerprint density at radius 3 is 1.88 bits per heavy atom. The van der Waals surface area contributed by atoms with Crippen LogP contribution in [0.1, 0.15) is 58.2 Å². The minimum atomic E-state index is -0.308. The first-order valence-electron chi connectivity index (χ1n) is 8.15. The maximum absolute atomic E-state index is 11.0. The van der Waals surface area contributed by atoms with E-state index in [9.17, 15) is 15.3 Å². The summed E-state index contributed by atoms with van der Waals surface area (Å²) < 4.78 is 0. The topological polar surface area (TPSA) is 60.7 Å². The lowest BCUT2D eigenvalue weighted by Crippen LogP contribution is -2.18. The van der Waals surface area contributed by atoms with Gasteiger partial charge in [-0.2, -0.15) is 0 Å². The lowest BCUT2D eigenvalue weighted by molar-refractivity contribution is 0.403. The molecule has 0 aliphatic carbocycles. The number of hydrogen-bond acceptors (Lipinski definition) is 3. The molecule has 0 bridgehead atoms. The summed E-state index contributed by atoms with van der Waals surface area (Å²) in [5, 5.41) is 30.6. The second-order valence-corrected chi connectivity index (χ2v) is 8.46.